The van der Waals surface area contributed by atoms with Crippen molar-refractivity contribution in [2.24, 2.45) is 0 Å². The van der Waals surface area contributed by atoms with Crippen LogP contribution in [0.3, 0.4) is 0 Å². The highest BCUT2D eigenvalue weighted by atomic mass is 16.5. The molecular formula is C26H32N4O4. The Labute approximate surface area is 199 Å². The second kappa shape index (κ2) is 11.1. The van der Waals surface area contributed by atoms with Gasteiger partial charge in [-0.05, 0) is 24.3 Å². The maximum Gasteiger partial charge on any atom is 0.227 e. The number of carbonyl (C=O) groups is 2. The molecule has 0 saturated heterocycles. The molecule has 3 aromatic rings. The second-order valence-corrected chi connectivity index (χ2v) is 8.86. The van der Waals surface area contributed by atoms with Crippen molar-refractivity contribution in [2.75, 3.05) is 13.2 Å². The van der Waals surface area contributed by atoms with Crippen LogP contribution in [0.25, 0.3) is 10.8 Å². The molecule has 0 bridgehead atoms. The van der Waals surface area contributed by atoms with E-state index >= 15 is 0 Å². The highest BCUT2D eigenvalue weighted by Crippen LogP contribution is 2.34. The summed E-state index contributed by atoms with van der Waals surface area (Å²) in [5, 5.41) is 12.3. The number of carbonyl (C=O) groups excluding carboxylic acids is 2. The van der Waals surface area contributed by atoms with Crippen molar-refractivity contribution in [3.63, 3.8) is 0 Å². The molecule has 4 rings (SSSR count). The van der Waals surface area contributed by atoms with Crippen molar-refractivity contribution in [3.8, 4) is 5.75 Å². The van der Waals surface area contributed by atoms with Crippen LogP contribution in [0.1, 0.15) is 63.6 Å². The van der Waals surface area contributed by atoms with E-state index in [1.54, 1.807) is 0 Å². The summed E-state index contributed by atoms with van der Waals surface area (Å²) in [4.78, 5) is 28.7. The Hall–Kier alpha value is -3.42. The van der Waals surface area contributed by atoms with Gasteiger partial charge in [-0.25, -0.2) is 0 Å². The van der Waals surface area contributed by atoms with Gasteiger partial charge in [0.05, 0.1) is 6.54 Å². The zero-order chi connectivity index (χ0) is 23.8. The standard InChI is InChI=1S/C26H32N4O4/c1-19(31)29-26(15-6-2-3-7-16-26)25-28-24(34-30-25)14-13-23(32)27-17-18-33-22-12-8-10-20-9-4-5-11-21(20)22/h4-5,8-12H,2-3,6-7,13-18H2,1H3,(H,27,32)(H,29,31). The van der Waals surface area contributed by atoms with Crippen LogP contribution in [0, 0.1) is 0 Å². The summed E-state index contributed by atoms with van der Waals surface area (Å²) in [6.07, 6.45) is 6.46. The maximum atomic E-state index is 12.3. The first-order valence-corrected chi connectivity index (χ1v) is 12.0. The van der Waals surface area contributed by atoms with Crippen LogP contribution >= 0.6 is 0 Å². The lowest BCUT2D eigenvalue weighted by Gasteiger charge is -2.30. The first kappa shape index (κ1) is 23.7. The van der Waals surface area contributed by atoms with Gasteiger partial charge in [0.25, 0.3) is 0 Å². The predicted octanol–water partition coefficient (Wildman–Crippen LogP) is 4.04. The molecule has 2 amide bonds. The fourth-order valence-electron chi connectivity index (χ4n) is 4.61. The van der Waals surface area contributed by atoms with Gasteiger partial charge >= 0.3 is 0 Å². The molecule has 0 spiro atoms. The van der Waals surface area contributed by atoms with E-state index in [4.69, 9.17) is 9.26 Å². The molecule has 1 aliphatic carbocycles. The number of hydrogen-bond acceptors (Lipinski definition) is 6. The van der Waals surface area contributed by atoms with Gasteiger partial charge in [-0.15, -0.1) is 0 Å². The van der Waals surface area contributed by atoms with E-state index in [2.05, 4.69) is 20.8 Å². The molecule has 0 unspecified atom stereocenters. The van der Waals surface area contributed by atoms with Crippen LogP contribution in [0.4, 0.5) is 0 Å². The van der Waals surface area contributed by atoms with Crippen LogP contribution < -0.4 is 15.4 Å². The third-order valence-corrected chi connectivity index (χ3v) is 6.27. The lowest BCUT2D eigenvalue weighted by molar-refractivity contribution is -0.122. The van der Waals surface area contributed by atoms with Gasteiger partial charge in [0.15, 0.2) is 5.82 Å². The summed E-state index contributed by atoms with van der Waals surface area (Å²) < 4.78 is 11.3. The fraction of sp³-hybridized carbons (Fsp3) is 0.462. The first-order chi connectivity index (χ1) is 16.6. The Bertz CT molecular complexity index is 1110. The molecular weight excluding hydrogens is 432 g/mol. The molecule has 0 atom stereocenters. The minimum absolute atomic E-state index is 0.0988. The van der Waals surface area contributed by atoms with Gasteiger partial charge in [-0.1, -0.05) is 67.2 Å². The number of hydrogen-bond donors (Lipinski definition) is 2. The molecule has 8 heteroatoms. The largest absolute Gasteiger partial charge is 0.491 e. The van der Waals surface area contributed by atoms with Gasteiger partial charge in [0.2, 0.25) is 17.7 Å². The van der Waals surface area contributed by atoms with Crippen molar-refractivity contribution in [1.82, 2.24) is 20.8 Å². The minimum Gasteiger partial charge on any atom is -0.491 e. The van der Waals surface area contributed by atoms with E-state index in [1.165, 1.54) is 6.92 Å². The van der Waals surface area contributed by atoms with E-state index in [0.717, 1.165) is 55.0 Å². The molecule has 1 aliphatic rings. The molecule has 1 saturated carbocycles. The lowest BCUT2D eigenvalue weighted by Crippen LogP contribution is -2.45. The molecule has 0 radical (unpaired) electrons. The zero-order valence-corrected chi connectivity index (χ0v) is 19.6. The molecule has 1 aromatic heterocycles. The van der Waals surface area contributed by atoms with Gasteiger partial charge in [0.1, 0.15) is 17.9 Å². The molecule has 2 N–H and O–H groups in total. The molecule has 8 nitrogen and oxygen atoms in total. The van der Waals surface area contributed by atoms with Crippen molar-refractivity contribution < 1.29 is 18.8 Å². The number of nitrogens with one attached hydrogen (secondary N) is 2. The summed E-state index contributed by atoms with van der Waals surface area (Å²) >= 11 is 0. The third-order valence-electron chi connectivity index (χ3n) is 6.27. The number of benzene rings is 2. The van der Waals surface area contributed by atoms with E-state index in [9.17, 15) is 9.59 Å². The average molecular weight is 465 g/mol. The number of amides is 2. The normalized spacial score (nSPS) is 15.4. The Kier molecular flexibility index (Phi) is 7.77. The summed E-state index contributed by atoms with van der Waals surface area (Å²) in [6.45, 7) is 2.30. The van der Waals surface area contributed by atoms with Crippen LogP contribution in [-0.2, 0) is 21.5 Å². The van der Waals surface area contributed by atoms with E-state index < -0.39 is 5.54 Å². The summed E-state index contributed by atoms with van der Waals surface area (Å²) in [6, 6.07) is 14.0. The molecule has 1 fully saturated rings. The quantitative estimate of drug-likeness (QED) is 0.366. The Balaban J connectivity index is 1.25. The van der Waals surface area contributed by atoms with Gasteiger partial charge in [-0.2, -0.15) is 4.98 Å². The Morgan fingerprint density at radius 1 is 1.06 bits per heavy atom. The highest BCUT2D eigenvalue weighted by Gasteiger charge is 2.38. The van der Waals surface area contributed by atoms with Gasteiger partial charge in [0, 0.05) is 25.2 Å². The predicted molar refractivity (Wildman–Crippen MR) is 128 cm³/mol. The highest BCUT2D eigenvalue weighted by molar-refractivity contribution is 5.88. The maximum absolute atomic E-state index is 12.3. The van der Waals surface area contributed by atoms with Crippen molar-refractivity contribution in [1.29, 1.82) is 0 Å². The van der Waals surface area contributed by atoms with Crippen molar-refractivity contribution in [2.45, 2.75) is 63.8 Å². The Morgan fingerprint density at radius 3 is 2.62 bits per heavy atom. The number of nitrogens with zero attached hydrogens (tertiary/aromatic N) is 2. The average Bonchev–Trinajstić information content (AvgIpc) is 3.20. The summed E-state index contributed by atoms with van der Waals surface area (Å²) in [5.74, 6) is 1.53. The minimum atomic E-state index is -0.578. The van der Waals surface area contributed by atoms with Crippen LogP contribution in [0.5, 0.6) is 5.75 Å². The fourth-order valence-corrected chi connectivity index (χ4v) is 4.61. The first-order valence-electron chi connectivity index (χ1n) is 12.0. The number of aryl methyl sites for hydroxylation is 1. The number of ether oxygens (including phenoxy) is 1. The van der Waals surface area contributed by atoms with Crippen molar-refractivity contribution in [3.05, 3.63) is 54.2 Å². The summed E-state index contributed by atoms with van der Waals surface area (Å²) in [5.41, 5.74) is -0.578. The second-order valence-electron chi connectivity index (χ2n) is 8.86. The Morgan fingerprint density at radius 2 is 1.82 bits per heavy atom. The number of rotatable bonds is 9. The smallest absolute Gasteiger partial charge is 0.227 e. The van der Waals surface area contributed by atoms with Gasteiger partial charge in [-0.3, -0.25) is 9.59 Å². The third kappa shape index (κ3) is 5.92. The molecule has 34 heavy (non-hydrogen) atoms. The monoisotopic (exact) mass is 464 g/mol. The lowest BCUT2D eigenvalue weighted by atomic mass is 9.89. The van der Waals surface area contributed by atoms with Crippen molar-refractivity contribution >= 4 is 22.6 Å². The SMILES string of the molecule is CC(=O)NC1(c2noc(CCC(=O)NCCOc3cccc4ccccc34)n2)CCCCCC1. The number of fused-ring (bicyclic) bond motifs is 1. The molecule has 1 heterocycles. The van der Waals surface area contributed by atoms with E-state index in [-0.39, 0.29) is 18.2 Å². The van der Waals surface area contributed by atoms with Crippen LogP contribution in [0.15, 0.2) is 47.0 Å². The molecule has 0 aliphatic heterocycles. The van der Waals surface area contributed by atoms with Crippen LogP contribution in [0.2, 0.25) is 0 Å². The van der Waals surface area contributed by atoms with Gasteiger partial charge < -0.3 is 19.9 Å². The zero-order valence-electron chi connectivity index (χ0n) is 19.6. The molecule has 180 valence electrons. The summed E-state index contributed by atoms with van der Waals surface area (Å²) in [7, 11) is 0. The van der Waals surface area contributed by atoms with E-state index in [1.807, 2.05) is 42.5 Å². The molecule has 2 aromatic carbocycles. The number of aromatic nitrogens is 2. The van der Waals surface area contributed by atoms with E-state index in [0.29, 0.717) is 31.3 Å². The van der Waals surface area contributed by atoms with Crippen LogP contribution in [-0.4, -0.2) is 35.1 Å². The topological polar surface area (TPSA) is 106 Å².